The Morgan fingerprint density at radius 2 is 2.21 bits per heavy atom. The van der Waals surface area contributed by atoms with Gasteiger partial charge in [0.05, 0.1) is 10.2 Å². The Balaban J connectivity index is 1.65. The van der Waals surface area contributed by atoms with Gasteiger partial charge in [-0.25, -0.2) is 4.98 Å². The fourth-order valence-corrected chi connectivity index (χ4v) is 2.84. The van der Waals surface area contributed by atoms with Gasteiger partial charge in [-0.05, 0) is 42.7 Å². The molecule has 0 amide bonds. The third-order valence-electron chi connectivity index (χ3n) is 2.96. The third kappa shape index (κ3) is 2.90. The average molecular weight is 269 g/mol. The Morgan fingerprint density at radius 3 is 3.05 bits per heavy atom. The topological polar surface area (TPSA) is 37.8 Å². The van der Waals surface area contributed by atoms with Crippen LogP contribution < -0.4 is 5.32 Å². The Labute approximate surface area is 116 Å². The molecule has 0 saturated heterocycles. The van der Waals surface area contributed by atoms with E-state index in [-0.39, 0.29) is 0 Å². The maximum absolute atomic E-state index is 4.60. The zero-order valence-electron chi connectivity index (χ0n) is 10.8. The molecule has 0 aliphatic rings. The minimum Gasteiger partial charge on any atom is -0.361 e. The lowest BCUT2D eigenvalue weighted by Gasteiger charge is -2.01. The molecule has 0 spiro atoms. The minimum atomic E-state index is 0.879. The summed E-state index contributed by atoms with van der Waals surface area (Å²) in [6.07, 6.45) is 4.67. The number of fused-ring (bicyclic) bond motifs is 1. The van der Waals surface area contributed by atoms with Crippen LogP contribution in [0.4, 0.5) is 5.13 Å². The van der Waals surface area contributed by atoms with Crippen LogP contribution in [0, 0.1) is 6.92 Å². The molecule has 3 rings (SSSR count). The van der Waals surface area contributed by atoms with Gasteiger partial charge in [0.25, 0.3) is 0 Å². The maximum Gasteiger partial charge on any atom is 0.183 e. The van der Waals surface area contributed by atoms with Crippen LogP contribution in [0.25, 0.3) is 10.2 Å². The molecule has 0 aliphatic carbocycles. The summed E-state index contributed by atoms with van der Waals surface area (Å²) in [5, 5.41) is 4.37. The van der Waals surface area contributed by atoms with E-state index in [4.69, 9.17) is 0 Å². The smallest absolute Gasteiger partial charge is 0.183 e. The zero-order valence-corrected chi connectivity index (χ0v) is 11.6. The van der Waals surface area contributed by atoms with E-state index in [9.17, 15) is 0 Å². The predicted molar refractivity (Wildman–Crippen MR) is 80.8 cm³/mol. The van der Waals surface area contributed by atoms with Crippen molar-refractivity contribution in [2.75, 3.05) is 11.9 Å². The molecule has 19 heavy (non-hydrogen) atoms. The molecule has 0 atom stereocenters. The molecular weight excluding hydrogens is 254 g/mol. The second-order valence-corrected chi connectivity index (χ2v) is 5.56. The number of nitrogens with zero attached hydrogens (tertiary/aromatic N) is 2. The molecule has 0 saturated carbocycles. The van der Waals surface area contributed by atoms with Gasteiger partial charge in [-0.15, -0.1) is 0 Å². The zero-order chi connectivity index (χ0) is 13.1. The number of pyridine rings is 1. The summed E-state index contributed by atoms with van der Waals surface area (Å²) in [6, 6.07) is 10.4. The third-order valence-corrected chi connectivity index (χ3v) is 3.95. The monoisotopic (exact) mass is 269 g/mol. The molecule has 4 heteroatoms. The van der Waals surface area contributed by atoms with Crippen LogP contribution >= 0.6 is 11.3 Å². The van der Waals surface area contributed by atoms with Gasteiger partial charge >= 0.3 is 0 Å². The van der Waals surface area contributed by atoms with Gasteiger partial charge in [-0.1, -0.05) is 23.5 Å². The summed E-state index contributed by atoms with van der Waals surface area (Å²) in [5.41, 5.74) is 3.57. The van der Waals surface area contributed by atoms with E-state index >= 15 is 0 Å². The number of thiazole rings is 1. The summed E-state index contributed by atoms with van der Waals surface area (Å²) in [7, 11) is 0. The van der Waals surface area contributed by atoms with Gasteiger partial charge in [0, 0.05) is 18.9 Å². The number of rotatable bonds is 4. The summed E-state index contributed by atoms with van der Waals surface area (Å²) in [6.45, 7) is 2.97. The van der Waals surface area contributed by atoms with E-state index in [1.54, 1.807) is 17.5 Å². The molecule has 3 aromatic rings. The number of nitrogens with one attached hydrogen (secondary N) is 1. The second-order valence-electron chi connectivity index (χ2n) is 4.53. The molecule has 3 nitrogen and oxygen atoms in total. The molecule has 1 N–H and O–H groups in total. The minimum absolute atomic E-state index is 0.879. The van der Waals surface area contributed by atoms with Crippen LogP contribution in [0.15, 0.2) is 42.7 Å². The van der Waals surface area contributed by atoms with E-state index in [2.05, 4.69) is 46.5 Å². The van der Waals surface area contributed by atoms with Crippen molar-refractivity contribution in [2.45, 2.75) is 13.3 Å². The highest BCUT2D eigenvalue weighted by atomic mass is 32.1. The summed E-state index contributed by atoms with van der Waals surface area (Å²) in [5.74, 6) is 0. The van der Waals surface area contributed by atoms with Gasteiger partial charge < -0.3 is 5.32 Å². The highest BCUT2D eigenvalue weighted by Gasteiger charge is 2.03. The van der Waals surface area contributed by atoms with Crippen LogP contribution in [-0.2, 0) is 6.42 Å². The molecular formula is C15H15N3S. The first-order valence-electron chi connectivity index (χ1n) is 6.31. The highest BCUT2D eigenvalue weighted by molar-refractivity contribution is 7.22. The molecule has 2 heterocycles. The molecule has 0 bridgehead atoms. The van der Waals surface area contributed by atoms with Crippen molar-refractivity contribution in [3.63, 3.8) is 0 Å². The van der Waals surface area contributed by atoms with Gasteiger partial charge in [-0.3, -0.25) is 4.98 Å². The lowest BCUT2D eigenvalue weighted by Crippen LogP contribution is -2.04. The first kappa shape index (κ1) is 12.1. The normalized spacial score (nSPS) is 10.8. The van der Waals surface area contributed by atoms with Gasteiger partial charge in [0.15, 0.2) is 5.13 Å². The van der Waals surface area contributed by atoms with Gasteiger partial charge in [0.2, 0.25) is 0 Å². The number of anilines is 1. The number of hydrogen-bond donors (Lipinski definition) is 1. The summed E-state index contributed by atoms with van der Waals surface area (Å²) < 4.78 is 1.23. The van der Waals surface area contributed by atoms with E-state index in [1.165, 1.54) is 15.8 Å². The van der Waals surface area contributed by atoms with Gasteiger partial charge in [-0.2, -0.15) is 0 Å². The summed E-state index contributed by atoms with van der Waals surface area (Å²) >= 11 is 1.70. The first-order chi connectivity index (χ1) is 9.31. The Morgan fingerprint density at radius 1 is 1.26 bits per heavy atom. The largest absolute Gasteiger partial charge is 0.361 e. The molecule has 1 aromatic carbocycles. The van der Waals surface area contributed by atoms with Crippen LogP contribution in [0.1, 0.15) is 11.1 Å². The van der Waals surface area contributed by atoms with Crippen LogP contribution in [0.2, 0.25) is 0 Å². The molecule has 0 fully saturated rings. The van der Waals surface area contributed by atoms with Crippen LogP contribution in [0.5, 0.6) is 0 Å². The van der Waals surface area contributed by atoms with Crippen molar-refractivity contribution in [3.8, 4) is 0 Å². The number of aromatic nitrogens is 2. The highest BCUT2D eigenvalue weighted by Crippen LogP contribution is 2.26. The van der Waals surface area contributed by atoms with Crippen molar-refractivity contribution >= 4 is 26.7 Å². The molecule has 2 aromatic heterocycles. The lowest BCUT2D eigenvalue weighted by molar-refractivity contribution is 1.00. The molecule has 0 radical (unpaired) electrons. The van der Waals surface area contributed by atoms with Crippen molar-refractivity contribution < 1.29 is 0 Å². The maximum atomic E-state index is 4.60. The fraction of sp³-hybridized carbons (Fsp3) is 0.200. The van der Waals surface area contributed by atoms with E-state index in [1.807, 2.05) is 12.3 Å². The predicted octanol–water partition coefficient (Wildman–Crippen LogP) is 3.65. The number of hydrogen-bond acceptors (Lipinski definition) is 4. The van der Waals surface area contributed by atoms with E-state index in [0.29, 0.717) is 0 Å². The van der Waals surface area contributed by atoms with Crippen molar-refractivity contribution in [2.24, 2.45) is 0 Å². The second kappa shape index (κ2) is 5.36. The average Bonchev–Trinajstić information content (AvgIpc) is 2.82. The molecule has 0 unspecified atom stereocenters. The lowest BCUT2D eigenvalue weighted by atomic mass is 10.2. The van der Waals surface area contributed by atoms with Crippen molar-refractivity contribution in [1.82, 2.24) is 9.97 Å². The first-order valence-corrected chi connectivity index (χ1v) is 7.13. The van der Waals surface area contributed by atoms with Crippen molar-refractivity contribution in [3.05, 3.63) is 53.9 Å². The Hall–Kier alpha value is -1.94. The number of benzene rings is 1. The SMILES string of the molecule is Cc1ccc2sc(NCCc3cccnc3)nc2c1. The van der Waals surface area contributed by atoms with Crippen molar-refractivity contribution in [1.29, 1.82) is 0 Å². The molecule has 0 aliphatic heterocycles. The standard InChI is InChI=1S/C15H15N3S/c1-11-4-5-14-13(9-11)18-15(19-14)17-8-6-12-3-2-7-16-10-12/h2-5,7,9-10H,6,8H2,1H3,(H,17,18). The fourth-order valence-electron chi connectivity index (χ4n) is 1.97. The van der Waals surface area contributed by atoms with Crippen LogP contribution in [0.3, 0.4) is 0 Å². The van der Waals surface area contributed by atoms with E-state index < -0.39 is 0 Å². The molecule has 96 valence electrons. The summed E-state index contributed by atoms with van der Waals surface area (Å²) in [4.78, 5) is 8.71. The quantitative estimate of drug-likeness (QED) is 0.785. The number of aryl methyl sites for hydroxylation is 1. The van der Waals surface area contributed by atoms with Gasteiger partial charge in [0.1, 0.15) is 0 Å². The van der Waals surface area contributed by atoms with E-state index in [0.717, 1.165) is 23.6 Å². The Bertz CT molecular complexity index is 676. The van der Waals surface area contributed by atoms with Crippen LogP contribution in [-0.4, -0.2) is 16.5 Å². The Kier molecular flexibility index (Phi) is 3.42.